The first-order valence-corrected chi connectivity index (χ1v) is 11.3. The number of anilines is 3. The molecular formula is C32H23N. The standard InChI is InChI=1S/C32H23N/c1-4-10-24(11-5-1)25-18-20-31-26(22-25)16-17-27-23-30(19-21-32(27)31)33(28-12-6-2-7-13-28)29-14-8-3-9-15-29/h1-23H. The van der Waals surface area contributed by atoms with Gasteiger partial charge in [0.15, 0.2) is 0 Å². The van der Waals surface area contributed by atoms with Gasteiger partial charge in [-0.05, 0) is 75.1 Å². The Morgan fingerprint density at radius 1 is 0.333 bits per heavy atom. The van der Waals surface area contributed by atoms with Gasteiger partial charge in [0.05, 0.1) is 0 Å². The Bertz CT molecular complexity index is 1500. The van der Waals surface area contributed by atoms with Crippen molar-refractivity contribution in [3.63, 3.8) is 0 Å². The SMILES string of the molecule is c1ccc(-c2ccc3c(ccc4cc(N(c5ccccc5)c5ccccc5)ccc43)c2)cc1. The molecule has 0 N–H and O–H groups in total. The summed E-state index contributed by atoms with van der Waals surface area (Å²) in [5.74, 6) is 0. The van der Waals surface area contributed by atoms with E-state index in [9.17, 15) is 0 Å². The minimum Gasteiger partial charge on any atom is -0.310 e. The van der Waals surface area contributed by atoms with Crippen LogP contribution in [-0.4, -0.2) is 0 Å². The topological polar surface area (TPSA) is 3.24 Å². The molecule has 0 aliphatic rings. The van der Waals surface area contributed by atoms with Crippen molar-refractivity contribution < 1.29 is 0 Å². The van der Waals surface area contributed by atoms with E-state index >= 15 is 0 Å². The molecule has 0 heterocycles. The molecule has 0 radical (unpaired) electrons. The largest absolute Gasteiger partial charge is 0.310 e. The van der Waals surface area contributed by atoms with Crippen LogP contribution in [0, 0.1) is 0 Å². The highest BCUT2D eigenvalue weighted by molar-refractivity contribution is 6.09. The van der Waals surface area contributed by atoms with Gasteiger partial charge >= 0.3 is 0 Å². The monoisotopic (exact) mass is 421 g/mol. The molecule has 33 heavy (non-hydrogen) atoms. The third kappa shape index (κ3) is 3.64. The average molecular weight is 422 g/mol. The van der Waals surface area contributed by atoms with E-state index in [1.54, 1.807) is 0 Å². The molecule has 6 rings (SSSR count). The number of fused-ring (bicyclic) bond motifs is 3. The molecule has 0 aliphatic heterocycles. The fourth-order valence-corrected chi connectivity index (χ4v) is 4.61. The maximum Gasteiger partial charge on any atom is 0.0468 e. The van der Waals surface area contributed by atoms with Gasteiger partial charge in [-0.15, -0.1) is 0 Å². The summed E-state index contributed by atoms with van der Waals surface area (Å²) in [4.78, 5) is 2.31. The van der Waals surface area contributed by atoms with Crippen LogP contribution in [0.25, 0.3) is 32.7 Å². The van der Waals surface area contributed by atoms with Gasteiger partial charge in [0.1, 0.15) is 0 Å². The highest BCUT2D eigenvalue weighted by atomic mass is 15.1. The molecule has 0 aliphatic carbocycles. The number of benzene rings is 6. The summed E-state index contributed by atoms with van der Waals surface area (Å²) in [6, 6.07) is 49.7. The van der Waals surface area contributed by atoms with Crippen molar-refractivity contribution in [1.29, 1.82) is 0 Å². The van der Waals surface area contributed by atoms with Gasteiger partial charge < -0.3 is 4.90 Å². The molecule has 0 saturated carbocycles. The first kappa shape index (κ1) is 19.3. The molecule has 1 nitrogen and oxygen atoms in total. The van der Waals surface area contributed by atoms with E-state index in [1.807, 2.05) is 0 Å². The van der Waals surface area contributed by atoms with Crippen LogP contribution < -0.4 is 4.90 Å². The van der Waals surface area contributed by atoms with Crippen LogP contribution in [0.15, 0.2) is 140 Å². The van der Waals surface area contributed by atoms with Gasteiger partial charge in [-0.1, -0.05) is 97.1 Å². The molecular weight excluding hydrogens is 398 g/mol. The second-order valence-corrected chi connectivity index (χ2v) is 8.28. The van der Waals surface area contributed by atoms with E-state index < -0.39 is 0 Å². The van der Waals surface area contributed by atoms with Crippen molar-refractivity contribution in [3.8, 4) is 11.1 Å². The lowest BCUT2D eigenvalue weighted by atomic mass is 9.97. The highest BCUT2D eigenvalue weighted by Gasteiger charge is 2.13. The van der Waals surface area contributed by atoms with Crippen LogP contribution >= 0.6 is 0 Å². The fourth-order valence-electron chi connectivity index (χ4n) is 4.61. The Morgan fingerprint density at radius 2 is 0.848 bits per heavy atom. The lowest BCUT2D eigenvalue weighted by Crippen LogP contribution is -2.09. The second-order valence-electron chi connectivity index (χ2n) is 8.28. The number of para-hydroxylation sites is 2. The van der Waals surface area contributed by atoms with Crippen molar-refractivity contribution >= 4 is 38.6 Å². The zero-order valence-electron chi connectivity index (χ0n) is 18.2. The Morgan fingerprint density at radius 3 is 1.45 bits per heavy atom. The van der Waals surface area contributed by atoms with Crippen molar-refractivity contribution in [1.82, 2.24) is 0 Å². The van der Waals surface area contributed by atoms with E-state index in [0.29, 0.717) is 0 Å². The van der Waals surface area contributed by atoms with Gasteiger partial charge in [-0.25, -0.2) is 0 Å². The van der Waals surface area contributed by atoms with Gasteiger partial charge in [-0.2, -0.15) is 0 Å². The average Bonchev–Trinajstić information content (AvgIpc) is 2.90. The van der Waals surface area contributed by atoms with Crippen molar-refractivity contribution in [3.05, 3.63) is 140 Å². The highest BCUT2D eigenvalue weighted by Crippen LogP contribution is 2.37. The van der Waals surface area contributed by atoms with Crippen LogP contribution in [0.5, 0.6) is 0 Å². The predicted octanol–water partition coefficient (Wildman–Crippen LogP) is 9.13. The predicted molar refractivity (Wildman–Crippen MR) is 142 cm³/mol. The number of nitrogens with zero attached hydrogens (tertiary/aromatic N) is 1. The summed E-state index contributed by atoms with van der Waals surface area (Å²) in [6.45, 7) is 0. The smallest absolute Gasteiger partial charge is 0.0468 e. The normalized spacial score (nSPS) is 11.0. The second kappa shape index (κ2) is 8.29. The van der Waals surface area contributed by atoms with Crippen LogP contribution in [-0.2, 0) is 0 Å². The first-order chi connectivity index (χ1) is 16.4. The Labute approximate surface area is 194 Å². The molecule has 0 spiro atoms. The van der Waals surface area contributed by atoms with Gasteiger partial charge in [0.25, 0.3) is 0 Å². The summed E-state index contributed by atoms with van der Waals surface area (Å²) >= 11 is 0. The molecule has 0 fully saturated rings. The van der Waals surface area contributed by atoms with E-state index in [0.717, 1.165) is 17.1 Å². The summed E-state index contributed by atoms with van der Waals surface area (Å²) in [7, 11) is 0. The minimum absolute atomic E-state index is 1.15. The quantitative estimate of drug-likeness (QED) is 0.256. The van der Waals surface area contributed by atoms with E-state index in [4.69, 9.17) is 0 Å². The van der Waals surface area contributed by atoms with Gasteiger partial charge in [0.2, 0.25) is 0 Å². The van der Waals surface area contributed by atoms with Crippen molar-refractivity contribution in [2.75, 3.05) is 4.90 Å². The van der Waals surface area contributed by atoms with Gasteiger partial charge in [-0.3, -0.25) is 0 Å². The lowest BCUT2D eigenvalue weighted by molar-refractivity contribution is 1.29. The van der Waals surface area contributed by atoms with E-state index in [1.165, 1.54) is 32.7 Å². The summed E-state index contributed by atoms with van der Waals surface area (Å²) < 4.78 is 0. The molecule has 0 unspecified atom stereocenters. The third-order valence-electron chi connectivity index (χ3n) is 6.21. The van der Waals surface area contributed by atoms with Crippen LogP contribution in [0.3, 0.4) is 0 Å². The Balaban J connectivity index is 1.48. The molecule has 6 aromatic rings. The van der Waals surface area contributed by atoms with Crippen molar-refractivity contribution in [2.45, 2.75) is 0 Å². The number of rotatable bonds is 4. The molecule has 0 saturated heterocycles. The molecule has 6 aromatic carbocycles. The maximum atomic E-state index is 2.31. The van der Waals surface area contributed by atoms with Gasteiger partial charge in [0, 0.05) is 17.1 Å². The van der Waals surface area contributed by atoms with Crippen molar-refractivity contribution in [2.24, 2.45) is 0 Å². The number of hydrogen-bond donors (Lipinski definition) is 0. The molecule has 1 heteroatoms. The summed E-state index contributed by atoms with van der Waals surface area (Å²) in [5.41, 5.74) is 5.95. The van der Waals surface area contributed by atoms with E-state index in [2.05, 4.69) is 144 Å². The lowest BCUT2D eigenvalue weighted by Gasteiger charge is -2.25. The summed E-state index contributed by atoms with van der Waals surface area (Å²) in [5, 5.41) is 5.06. The van der Waals surface area contributed by atoms with Crippen LogP contribution in [0.4, 0.5) is 17.1 Å². The zero-order chi connectivity index (χ0) is 22.0. The molecule has 0 atom stereocenters. The molecule has 156 valence electrons. The molecule has 0 amide bonds. The third-order valence-corrected chi connectivity index (χ3v) is 6.21. The Hall–Kier alpha value is -4.36. The number of hydrogen-bond acceptors (Lipinski definition) is 1. The molecule has 0 aromatic heterocycles. The van der Waals surface area contributed by atoms with Crippen LogP contribution in [0.2, 0.25) is 0 Å². The maximum absolute atomic E-state index is 2.31. The summed E-state index contributed by atoms with van der Waals surface area (Å²) in [6.07, 6.45) is 0. The molecule has 0 bridgehead atoms. The van der Waals surface area contributed by atoms with E-state index in [-0.39, 0.29) is 0 Å². The van der Waals surface area contributed by atoms with Crippen LogP contribution in [0.1, 0.15) is 0 Å². The Kier molecular flexibility index (Phi) is 4.86. The first-order valence-electron chi connectivity index (χ1n) is 11.3. The minimum atomic E-state index is 1.15. The fraction of sp³-hybridized carbons (Fsp3) is 0. The zero-order valence-corrected chi connectivity index (χ0v) is 18.2.